The quantitative estimate of drug-likeness (QED) is 0.174. The summed E-state index contributed by atoms with van der Waals surface area (Å²) >= 11 is 1.87. The van der Waals surface area contributed by atoms with Gasteiger partial charge in [0.1, 0.15) is 11.2 Å². The molecule has 0 amide bonds. The monoisotopic (exact) mass is 981 g/mol. The van der Waals surface area contributed by atoms with Crippen molar-refractivity contribution in [1.29, 1.82) is 0 Å². The van der Waals surface area contributed by atoms with Crippen LogP contribution in [0, 0.1) is 0 Å². The molecule has 13 rings (SSSR count). The molecule has 0 saturated carbocycles. The lowest BCUT2D eigenvalue weighted by Crippen LogP contribution is -2.39. The molecule has 1 N–H and O–H groups in total. The molecule has 10 aromatic rings. The van der Waals surface area contributed by atoms with Crippen LogP contribution >= 0.6 is 11.3 Å². The fraction of sp³-hybridized carbons (Fsp3) is 0.275. The van der Waals surface area contributed by atoms with Gasteiger partial charge in [-0.1, -0.05) is 186 Å². The zero-order valence-electron chi connectivity index (χ0n) is 45.2. The highest BCUT2D eigenvalue weighted by atomic mass is 32.1. The number of hydrogen-bond donors (Lipinski definition) is 1. The van der Waals surface area contributed by atoms with Gasteiger partial charge in [0.15, 0.2) is 0 Å². The van der Waals surface area contributed by atoms with E-state index in [2.05, 4.69) is 252 Å². The lowest BCUT2D eigenvalue weighted by Gasteiger charge is -2.42. The van der Waals surface area contributed by atoms with Gasteiger partial charge in [0, 0.05) is 59.9 Å². The average Bonchev–Trinajstić information content (AvgIpc) is 4.03. The summed E-state index contributed by atoms with van der Waals surface area (Å²) in [4.78, 5) is 2.60. The molecule has 0 atom stereocenters. The van der Waals surface area contributed by atoms with Gasteiger partial charge < -0.3 is 14.6 Å². The normalized spacial score (nSPS) is 16.1. The van der Waals surface area contributed by atoms with Gasteiger partial charge >= 0.3 is 0 Å². The number of nitrogens with zero attached hydrogens (tertiary/aromatic N) is 1. The van der Waals surface area contributed by atoms with E-state index < -0.39 is 0 Å². The average molecular weight is 982 g/mol. The summed E-state index contributed by atoms with van der Waals surface area (Å²) in [5, 5.41) is 7.67. The van der Waals surface area contributed by atoms with E-state index in [9.17, 15) is 0 Å². The zero-order valence-corrected chi connectivity index (χ0v) is 46.0. The highest BCUT2D eigenvalue weighted by molar-refractivity contribution is 7.29. The number of hydrogen-bond acceptors (Lipinski definition) is 4. The second-order valence-electron chi connectivity index (χ2n) is 25.5. The van der Waals surface area contributed by atoms with Crippen LogP contribution in [0.4, 0.5) is 28.4 Å². The molecule has 2 aromatic heterocycles. The summed E-state index contributed by atoms with van der Waals surface area (Å²) in [5.41, 5.74) is 24.0. The number of furan rings is 1. The third-order valence-electron chi connectivity index (χ3n) is 17.3. The number of benzene rings is 8. The summed E-state index contributed by atoms with van der Waals surface area (Å²) < 4.78 is 9.78. The molecule has 367 valence electrons. The number of thiophene rings is 1. The van der Waals surface area contributed by atoms with Crippen LogP contribution in [0.15, 0.2) is 156 Å². The molecule has 1 radical (unpaired) electrons. The van der Waals surface area contributed by atoms with Gasteiger partial charge in [-0.05, 0) is 138 Å². The standard InChI is InChI=1S/C69H66BN2OS/c1-65(2,3)41-26-29-43(30-27-41)71-61-46(31-32-50-58(61)49-37-52-53(39-51(49)69(50,11)12)68(9,10)35-34-67(52,7)8)59-60-55(38-48-44-22-16-18-24-56(44)73-63(48)59)72(62-45-23-17-19-25-57(45)74-64(62)70-60)54-33-28-42(66(4,5)6)36-47(54)40-20-14-13-15-21-40/h13-33,36-39,71H,34-35H2,1-12H3. The van der Waals surface area contributed by atoms with Gasteiger partial charge in [0.2, 0.25) is 7.28 Å². The Labute approximate surface area is 442 Å². The highest BCUT2D eigenvalue weighted by Gasteiger charge is 2.44. The van der Waals surface area contributed by atoms with Crippen LogP contribution in [-0.2, 0) is 27.1 Å². The lowest BCUT2D eigenvalue weighted by atomic mass is 9.61. The van der Waals surface area contributed by atoms with E-state index in [1.165, 1.54) is 82.6 Å². The van der Waals surface area contributed by atoms with E-state index in [1.54, 1.807) is 0 Å². The smallest absolute Gasteiger partial charge is 0.212 e. The van der Waals surface area contributed by atoms with Crippen molar-refractivity contribution < 1.29 is 4.42 Å². The Balaban J connectivity index is 1.16. The van der Waals surface area contributed by atoms with Crippen LogP contribution in [0.5, 0.6) is 0 Å². The van der Waals surface area contributed by atoms with E-state index in [4.69, 9.17) is 4.42 Å². The third-order valence-corrected chi connectivity index (χ3v) is 18.4. The Morgan fingerprint density at radius 2 is 1.19 bits per heavy atom. The Morgan fingerprint density at radius 1 is 0.541 bits per heavy atom. The minimum absolute atomic E-state index is 0.0247. The molecule has 0 fully saturated rings. The van der Waals surface area contributed by atoms with Crippen molar-refractivity contribution in [2.75, 3.05) is 10.2 Å². The minimum Gasteiger partial charge on any atom is -0.455 e. The fourth-order valence-corrected chi connectivity index (χ4v) is 13.9. The molecular weight excluding hydrogens is 916 g/mol. The fourth-order valence-electron chi connectivity index (χ4n) is 12.8. The summed E-state index contributed by atoms with van der Waals surface area (Å²) in [6, 6.07) is 57.4. The Kier molecular flexibility index (Phi) is 10.2. The first-order chi connectivity index (χ1) is 35.2. The molecule has 5 heteroatoms. The first-order valence-electron chi connectivity index (χ1n) is 26.8. The van der Waals surface area contributed by atoms with Gasteiger partial charge in [-0.3, -0.25) is 0 Å². The molecule has 0 unspecified atom stereocenters. The van der Waals surface area contributed by atoms with Gasteiger partial charge in [0.25, 0.3) is 0 Å². The Morgan fingerprint density at radius 3 is 1.91 bits per heavy atom. The summed E-state index contributed by atoms with van der Waals surface area (Å²) in [6.45, 7) is 28.5. The Bertz CT molecular complexity index is 3950. The van der Waals surface area contributed by atoms with Crippen LogP contribution in [-0.4, -0.2) is 7.28 Å². The van der Waals surface area contributed by atoms with Gasteiger partial charge in [-0.25, -0.2) is 0 Å². The maximum absolute atomic E-state index is 7.29. The van der Waals surface area contributed by atoms with E-state index in [1.807, 2.05) is 11.3 Å². The SMILES string of the molecule is CC(C)(C)c1ccc(Nc2c(-c3c4c(cc5c3oc3ccccc35)N(c3ccc(C(C)(C)C)cc3-c3ccccc3)c3c(sc5ccccc35)[B]4)ccc3c2-c2cc4c(cc2C3(C)C)C(C)(C)CCC4(C)C)cc1. The zero-order chi connectivity index (χ0) is 51.4. The molecule has 8 aromatic carbocycles. The number of para-hydroxylation sites is 1. The number of fused-ring (bicyclic) bond motifs is 11. The first-order valence-corrected chi connectivity index (χ1v) is 27.6. The second kappa shape index (κ2) is 16.1. The minimum atomic E-state index is -0.241. The van der Waals surface area contributed by atoms with E-state index >= 15 is 0 Å². The van der Waals surface area contributed by atoms with Crippen LogP contribution < -0.4 is 20.5 Å². The van der Waals surface area contributed by atoms with Gasteiger partial charge in [-0.2, -0.15) is 0 Å². The molecule has 0 spiro atoms. The van der Waals surface area contributed by atoms with Crippen molar-refractivity contribution in [3.05, 3.63) is 185 Å². The van der Waals surface area contributed by atoms with Crippen LogP contribution in [0.3, 0.4) is 0 Å². The van der Waals surface area contributed by atoms with Crippen molar-refractivity contribution in [3.8, 4) is 33.4 Å². The third kappa shape index (κ3) is 7.12. The molecule has 74 heavy (non-hydrogen) atoms. The van der Waals surface area contributed by atoms with Gasteiger partial charge in [-0.15, -0.1) is 11.3 Å². The summed E-state index contributed by atoms with van der Waals surface area (Å²) in [5.74, 6) is 0. The van der Waals surface area contributed by atoms with Crippen molar-refractivity contribution in [2.24, 2.45) is 0 Å². The van der Waals surface area contributed by atoms with Crippen molar-refractivity contribution in [2.45, 2.75) is 123 Å². The first kappa shape index (κ1) is 46.9. The highest BCUT2D eigenvalue weighted by Crippen LogP contribution is 2.59. The summed E-state index contributed by atoms with van der Waals surface area (Å²) in [6.07, 6.45) is 2.33. The van der Waals surface area contributed by atoms with E-state index in [-0.39, 0.29) is 27.1 Å². The molecule has 0 bridgehead atoms. The van der Waals surface area contributed by atoms with Crippen molar-refractivity contribution in [1.82, 2.24) is 0 Å². The molecular formula is C69H66BN2OS. The second-order valence-corrected chi connectivity index (χ2v) is 26.6. The van der Waals surface area contributed by atoms with Crippen LogP contribution in [0.1, 0.15) is 129 Å². The lowest BCUT2D eigenvalue weighted by molar-refractivity contribution is 0.331. The molecule has 2 aliphatic carbocycles. The van der Waals surface area contributed by atoms with Crippen LogP contribution in [0.25, 0.3) is 65.4 Å². The van der Waals surface area contributed by atoms with E-state index in [0.717, 1.165) is 67.7 Å². The van der Waals surface area contributed by atoms with E-state index in [0.29, 0.717) is 0 Å². The van der Waals surface area contributed by atoms with Crippen molar-refractivity contribution >= 4 is 89.3 Å². The largest absolute Gasteiger partial charge is 0.455 e. The maximum atomic E-state index is 7.29. The molecule has 3 heterocycles. The van der Waals surface area contributed by atoms with Crippen LogP contribution in [0.2, 0.25) is 0 Å². The van der Waals surface area contributed by atoms with Gasteiger partial charge in [0.05, 0.1) is 17.1 Å². The summed E-state index contributed by atoms with van der Waals surface area (Å²) in [7, 11) is 2.48. The molecule has 3 nitrogen and oxygen atoms in total. The molecule has 3 aliphatic rings. The predicted octanol–water partition coefficient (Wildman–Crippen LogP) is 18.6. The number of anilines is 5. The molecule has 0 saturated heterocycles. The predicted molar refractivity (Wildman–Crippen MR) is 320 cm³/mol. The Hall–Kier alpha value is -6.82. The van der Waals surface area contributed by atoms with Crippen molar-refractivity contribution in [3.63, 3.8) is 0 Å². The number of nitrogens with one attached hydrogen (secondary N) is 1. The molecule has 1 aliphatic heterocycles. The number of rotatable bonds is 5. The topological polar surface area (TPSA) is 28.4 Å². The maximum Gasteiger partial charge on any atom is 0.212 e.